The first kappa shape index (κ1) is 17.0. The van der Waals surface area contributed by atoms with Crippen molar-refractivity contribution in [2.45, 2.75) is 85.8 Å². The molecule has 0 radical (unpaired) electrons. The normalized spacial score (nSPS) is 22.4. The molecular formula is C17H35NO. The van der Waals surface area contributed by atoms with Crippen LogP contribution in [0.2, 0.25) is 0 Å². The van der Waals surface area contributed by atoms with E-state index in [9.17, 15) is 0 Å². The summed E-state index contributed by atoms with van der Waals surface area (Å²) in [5.74, 6) is 0. The molecule has 114 valence electrons. The van der Waals surface area contributed by atoms with Gasteiger partial charge in [-0.3, -0.25) is 0 Å². The third-order valence-electron chi connectivity index (χ3n) is 4.47. The first-order valence-corrected chi connectivity index (χ1v) is 8.09. The zero-order chi connectivity index (χ0) is 14.5. The Bertz CT molecular complexity index is 244. The Morgan fingerprint density at radius 1 is 1.21 bits per heavy atom. The van der Waals surface area contributed by atoms with E-state index in [-0.39, 0.29) is 5.41 Å². The number of rotatable bonds is 6. The number of hydrogen-bond acceptors (Lipinski definition) is 2. The second-order valence-corrected chi connectivity index (χ2v) is 8.07. The highest BCUT2D eigenvalue weighted by molar-refractivity contribution is 4.83. The maximum Gasteiger partial charge on any atom is 0.0628 e. The van der Waals surface area contributed by atoms with Crippen molar-refractivity contribution in [1.82, 2.24) is 5.32 Å². The molecule has 0 amide bonds. The highest BCUT2D eigenvalue weighted by atomic mass is 16.5. The van der Waals surface area contributed by atoms with E-state index < -0.39 is 0 Å². The van der Waals surface area contributed by atoms with E-state index in [1.165, 1.54) is 32.1 Å². The molecule has 2 heteroatoms. The zero-order valence-electron chi connectivity index (χ0n) is 14.0. The van der Waals surface area contributed by atoms with Crippen LogP contribution in [-0.4, -0.2) is 25.3 Å². The van der Waals surface area contributed by atoms with Gasteiger partial charge < -0.3 is 10.1 Å². The van der Waals surface area contributed by atoms with Gasteiger partial charge in [0.2, 0.25) is 0 Å². The van der Waals surface area contributed by atoms with Gasteiger partial charge in [0.1, 0.15) is 0 Å². The Kier molecular flexibility index (Phi) is 6.32. The van der Waals surface area contributed by atoms with E-state index >= 15 is 0 Å². The fourth-order valence-electron chi connectivity index (χ4n) is 2.71. The molecular weight excluding hydrogens is 234 g/mol. The molecule has 1 N–H and O–H groups in total. The Morgan fingerprint density at radius 3 is 2.26 bits per heavy atom. The van der Waals surface area contributed by atoms with Gasteiger partial charge in [0.25, 0.3) is 0 Å². The van der Waals surface area contributed by atoms with E-state index in [0.29, 0.717) is 17.6 Å². The molecule has 1 atom stereocenters. The van der Waals surface area contributed by atoms with Crippen LogP contribution in [0, 0.1) is 10.8 Å². The van der Waals surface area contributed by atoms with Crippen LogP contribution in [0.4, 0.5) is 0 Å². The van der Waals surface area contributed by atoms with Gasteiger partial charge in [0.05, 0.1) is 12.7 Å². The topological polar surface area (TPSA) is 21.3 Å². The molecule has 0 aromatic carbocycles. The average molecular weight is 269 g/mol. The quantitative estimate of drug-likeness (QED) is 0.772. The number of hydrogen-bond donors (Lipinski definition) is 1. The molecule has 1 saturated carbocycles. The van der Waals surface area contributed by atoms with Crippen LogP contribution in [0.5, 0.6) is 0 Å². The SMILES string of the molecule is CCCNC(COC1CCC(C)(C)CC1)C(C)(C)C. The van der Waals surface area contributed by atoms with Gasteiger partial charge >= 0.3 is 0 Å². The van der Waals surface area contributed by atoms with Crippen LogP contribution in [0.1, 0.15) is 73.6 Å². The maximum atomic E-state index is 6.20. The van der Waals surface area contributed by atoms with Crippen molar-refractivity contribution in [1.29, 1.82) is 0 Å². The van der Waals surface area contributed by atoms with Crippen molar-refractivity contribution in [2.75, 3.05) is 13.2 Å². The van der Waals surface area contributed by atoms with Gasteiger partial charge in [-0.2, -0.15) is 0 Å². The van der Waals surface area contributed by atoms with Gasteiger partial charge in [0.15, 0.2) is 0 Å². The minimum atomic E-state index is 0.267. The molecule has 1 unspecified atom stereocenters. The monoisotopic (exact) mass is 269 g/mol. The molecule has 0 saturated heterocycles. The first-order valence-electron chi connectivity index (χ1n) is 8.09. The summed E-state index contributed by atoms with van der Waals surface area (Å²) >= 11 is 0. The van der Waals surface area contributed by atoms with Crippen molar-refractivity contribution in [3.8, 4) is 0 Å². The third kappa shape index (κ3) is 6.27. The summed E-state index contributed by atoms with van der Waals surface area (Å²) in [6.45, 7) is 15.8. The van der Waals surface area contributed by atoms with Crippen molar-refractivity contribution < 1.29 is 4.74 Å². The summed E-state index contributed by atoms with van der Waals surface area (Å²) in [5, 5.41) is 3.64. The molecule has 1 aliphatic carbocycles. The summed E-state index contributed by atoms with van der Waals surface area (Å²) in [6, 6.07) is 0.461. The van der Waals surface area contributed by atoms with Crippen LogP contribution < -0.4 is 5.32 Å². The van der Waals surface area contributed by atoms with Crippen molar-refractivity contribution in [3.63, 3.8) is 0 Å². The molecule has 0 aromatic rings. The molecule has 1 aliphatic rings. The standard InChI is InChI=1S/C17H35NO/c1-7-12-18-15(16(2,3)4)13-19-14-8-10-17(5,6)11-9-14/h14-15,18H,7-13H2,1-6H3. The molecule has 0 aromatic heterocycles. The fourth-order valence-corrected chi connectivity index (χ4v) is 2.71. The maximum absolute atomic E-state index is 6.20. The second kappa shape index (κ2) is 7.08. The highest BCUT2D eigenvalue weighted by Crippen LogP contribution is 2.36. The molecule has 0 heterocycles. The molecule has 1 fully saturated rings. The second-order valence-electron chi connectivity index (χ2n) is 8.07. The van der Waals surface area contributed by atoms with Crippen LogP contribution in [0.3, 0.4) is 0 Å². The van der Waals surface area contributed by atoms with Gasteiger partial charge in [-0.1, -0.05) is 41.5 Å². The third-order valence-corrected chi connectivity index (χ3v) is 4.47. The van der Waals surface area contributed by atoms with E-state index in [1.54, 1.807) is 0 Å². The highest BCUT2D eigenvalue weighted by Gasteiger charge is 2.29. The van der Waals surface area contributed by atoms with Gasteiger partial charge in [-0.25, -0.2) is 0 Å². The molecule has 0 bridgehead atoms. The van der Waals surface area contributed by atoms with Crippen LogP contribution in [0.15, 0.2) is 0 Å². The molecule has 19 heavy (non-hydrogen) atoms. The Labute approximate surface area is 120 Å². The summed E-state index contributed by atoms with van der Waals surface area (Å²) in [7, 11) is 0. The zero-order valence-corrected chi connectivity index (χ0v) is 14.0. The molecule has 0 spiro atoms. The lowest BCUT2D eigenvalue weighted by Gasteiger charge is -2.37. The fraction of sp³-hybridized carbons (Fsp3) is 1.00. The number of ether oxygens (including phenoxy) is 1. The predicted octanol–water partition coefficient (Wildman–Crippen LogP) is 4.39. The van der Waals surface area contributed by atoms with E-state index in [2.05, 4.69) is 46.9 Å². The summed E-state index contributed by atoms with van der Waals surface area (Å²) in [4.78, 5) is 0. The lowest BCUT2D eigenvalue weighted by atomic mass is 9.76. The molecule has 2 nitrogen and oxygen atoms in total. The lowest BCUT2D eigenvalue weighted by Crippen LogP contribution is -2.45. The van der Waals surface area contributed by atoms with Gasteiger partial charge in [-0.05, 0) is 49.5 Å². The van der Waals surface area contributed by atoms with Gasteiger partial charge in [-0.15, -0.1) is 0 Å². The number of nitrogens with one attached hydrogen (secondary N) is 1. The van der Waals surface area contributed by atoms with Crippen molar-refractivity contribution in [3.05, 3.63) is 0 Å². The van der Waals surface area contributed by atoms with Crippen LogP contribution in [0.25, 0.3) is 0 Å². The largest absolute Gasteiger partial charge is 0.377 e. The lowest BCUT2D eigenvalue weighted by molar-refractivity contribution is -0.0189. The Balaban J connectivity index is 2.36. The average Bonchev–Trinajstić information content (AvgIpc) is 2.29. The minimum Gasteiger partial charge on any atom is -0.377 e. The van der Waals surface area contributed by atoms with Crippen molar-refractivity contribution >= 4 is 0 Å². The van der Waals surface area contributed by atoms with Crippen LogP contribution in [-0.2, 0) is 4.74 Å². The summed E-state index contributed by atoms with van der Waals surface area (Å²) in [6.07, 6.45) is 6.75. The molecule has 1 rings (SSSR count). The van der Waals surface area contributed by atoms with Gasteiger partial charge in [0, 0.05) is 6.04 Å². The van der Waals surface area contributed by atoms with E-state index in [4.69, 9.17) is 4.74 Å². The Hall–Kier alpha value is -0.0800. The summed E-state index contributed by atoms with van der Waals surface area (Å²) < 4.78 is 6.20. The Morgan fingerprint density at radius 2 is 1.79 bits per heavy atom. The van der Waals surface area contributed by atoms with E-state index in [0.717, 1.165) is 13.2 Å². The smallest absolute Gasteiger partial charge is 0.0628 e. The summed E-state index contributed by atoms with van der Waals surface area (Å²) in [5.41, 5.74) is 0.798. The van der Waals surface area contributed by atoms with Crippen LogP contribution >= 0.6 is 0 Å². The first-order chi connectivity index (χ1) is 8.74. The molecule has 0 aliphatic heterocycles. The van der Waals surface area contributed by atoms with E-state index in [1.807, 2.05) is 0 Å². The van der Waals surface area contributed by atoms with Crippen molar-refractivity contribution in [2.24, 2.45) is 10.8 Å². The minimum absolute atomic E-state index is 0.267. The predicted molar refractivity (Wildman–Crippen MR) is 83.5 cm³/mol.